The second-order valence-electron chi connectivity index (χ2n) is 8.14. The lowest BCUT2D eigenvalue weighted by atomic mass is 10.1. The molecule has 0 saturated heterocycles. The van der Waals surface area contributed by atoms with Gasteiger partial charge in [0, 0.05) is 29.6 Å². The maximum Gasteiger partial charge on any atom is 0.248 e. The molecule has 8 heteroatoms. The zero-order valence-corrected chi connectivity index (χ0v) is 20.5. The summed E-state index contributed by atoms with van der Waals surface area (Å²) in [5.74, 6) is -0.418. The fourth-order valence-corrected chi connectivity index (χ4v) is 4.56. The standard InChI is InChI=1S/C26H30N4O3S/c1-5-16-27-34(32,33)18-23-10-12-24(13-11-23)28-26(31)15-14-25-20(3)29-30(21(25)4)17-22-8-6-19(2)7-9-22/h5-15,27H,1,16-18H2,2-4H3,(H,28,31)/b15-14+. The first-order valence-electron chi connectivity index (χ1n) is 10.9. The number of hydrogen-bond acceptors (Lipinski definition) is 4. The first kappa shape index (κ1) is 25.1. The molecule has 0 atom stereocenters. The number of carbonyl (C=O) groups is 1. The number of sulfonamides is 1. The second-order valence-corrected chi connectivity index (χ2v) is 9.95. The van der Waals surface area contributed by atoms with Gasteiger partial charge in [0.25, 0.3) is 0 Å². The van der Waals surface area contributed by atoms with Gasteiger partial charge in [-0.2, -0.15) is 5.10 Å². The van der Waals surface area contributed by atoms with Crippen LogP contribution in [0.15, 0.2) is 67.3 Å². The number of aromatic nitrogens is 2. The van der Waals surface area contributed by atoms with Crippen LogP contribution >= 0.6 is 0 Å². The molecule has 0 radical (unpaired) electrons. The van der Waals surface area contributed by atoms with Crippen LogP contribution in [0.4, 0.5) is 5.69 Å². The highest BCUT2D eigenvalue weighted by Crippen LogP contribution is 2.17. The van der Waals surface area contributed by atoms with Gasteiger partial charge in [0.2, 0.25) is 15.9 Å². The average Bonchev–Trinajstić information content (AvgIpc) is 3.06. The lowest BCUT2D eigenvalue weighted by Gasteiger charge is -2.07. The lowest BCUT2D eigenvalue weighted by Crippen LogP contribution is -2.25. The molecule has 0 bridgehead atoms. The summed E-state index contributed by atoms with van der Waals surface area (Å²) in [5.41, 5.74) is 6.33. The minimum Gasteiger partial charge on any atom is -0.323 e. The van der Waals surface area contributed by atoms with E-state index >= 15 is 0 Å². The predicted octanol–water partition coefficient (Wildman–Crippen LogP) is 4.11. The Hall–Kier alpha value is -3.49. The van der Waals surface area contributed by atoms with Crippen LogP contribution in [0.1, 0.15) is 33.6 Å². The third kappa shape index (κ3) is 7.00. The summed E-state index contributed by atoms with van der Waals surface area (Å²) < 4.78 is 28.3. The van der Waals surface area contributed by atoms with E-state index < -0.39 is 10.0 Å². The highest BCUT2D eigenvalue weighted by atomic mass is 32.2. The molecule has 0 saturated carbocycles. The predicted molar refractivity (Wildman–Crippen MR) is 137 cm³/mol. The molecule has 0 unspecified atom stereocenters. The zero-order chi connectivity index (χ0) is 24.7. The van der Waals surface area contributed by atoms with E-state index in [0.29, 0.717) is 17.8 Å². The molecule has 2 aromatic carbocycles. The van der Waals surface area contributed by atoms with Crippen molar-refractivity contribution in [1.82, 2.24) is 14.5 Å². The molecular weight excluding hydrogens is 448 g/mol. The monoisotopic (exact) mass is 478 g/mol. The Morgan fingerprint density at radius 2 is 1.68 bits per heavy atom. The summed E-state index contributed by atoms with van der Waals surface area (Å²) >= 11 is 0. The van der Waals surface area contributed by atoms with Crippen molar-refractivity contribution in [3.63, 3.8) is 0 Å². The van der Waals surface area contributed by atoms with Crippen LogP contribution in [0.5, 0.6) is 0 Å². The van der Waals surface area contributed by atoms with Crippen molar-refractivity contribution in [2.24, 2.45) is 0 Å². The molecule has 0 aliphatic rings. The lowest BCUT2D eigenvalue weighted by molar-refractivity contribution is -0.111. The molecule has 2 N–H and O–H groups in total. The van der Waals surface area contributed by atoms with E-state index in [1.165, 1.54) is 17.7 Å². The SMILES string of the molecule is C=CCNS(=O)(=O)Cc1ccc(NC(=O)/C=C/c2c(C)nn(Cc3ccc(C)cc3)c2C)cc1. The van der Waals surface area contributed by atoms with Gasteiger partial charge in [-0.1, -0.05) is 48.0 Å². The van der Waals surface area contributed by atoms with Crippen LogP contribution in [-0.4, -0.2) is 30.7 Å². The van der Waals surface area contributed by atoms with Crippen LogP contribution in [0.2, 0.25) is 0 Å². The van der Waals surface area contributed by atoms with Crippen LogP contribution in [0.3, 0.4) is 0 Å². The number of nitrogens with zero attached hydrogens (tertiary/aromatic N) is 2. The number of hydrogen-bond donors (Lipinski definition) is 2. The Morgan fingerprint density at radius 1 is 1.03 bits per heavy atom. The molecule has 1 aromatic heterocycles. The molecule has 34 heavy (non-hydrogen) atoms. The van der Waals surface area contributed by atoms with Crippen LogP contribution in [-0.2, 0) is 27.1 Å². The van der Waals surface area contributed by atoms with Gasteiger partial charge in [-0.25, -0.2) is 13.1 Å². The molecule has 3 rings (SSSR count). The Balaban J connectivity index is 1.62. The molecule has 0 aliphatic heterocycles. The minimum absolute atomic E-state index is 0.139. The van der Waals surface area contributed by atoms with Crippen molar-refractivity contribution in [3.8, 4) is 0 Å². The summed E-state index contributed by atoms with van der Waals surface area (Å²) in [6.45, 7) is 10.3. The molecular formula is C26H30N4O3S. The number of aryl methyl sites for hydroxylation is 2. The highest BCUT2D eigenvalue weighted by Gasteiger charge is 2.11. The van der Waals surface area contributed by atoms with Gasteiger partial charge < -0.3 is 5.32 Å². The van der Waals surface area contributed by atoms with E-state index in [1.807, 2.05) is 18.5 Å². The van der Waals surface area contributed by atoms with E-state index in [2.05, 4.69) is 52.9 Å². The normalized spacial score (nSPS) is 11.6. The summed E-state index contributed by atoms with van der Waals surface area (Å²) in [5, 5.41) is 7.42. The Bertz CT molecular complexity index is 1290. The first-order valence-corrected chi connectivity index (χ1v) is 12.6. The Labute approximate surface area is 201 Å². The maximum absolute atomic E-state index is 12.4. The van der Waals surface area contributed by atoms with Crippen molar-refractivity contribution in [3.05, 3.63) is 101 Å². The van der Waals surface area contributed by atoms with Crippen LogP contribution in [0.25, 0.3) is 6.08 Å². The van der Waals surface area contributed by atoms with Crippen molar-refractivity contribution >= 4 is 27.7 Å². The van der Waals surface area contributed by atoms with Gasteiger partial charge in [0.05, 0.1) is 18.0 Å². The number of amides is 1. The maximum atomic E-state index is 12.4. The molecule has 0 aliphatic carbocycles. The number of rotatable bonds is 10. The molecule has 1 amide bonds. The van der Waals surface area contributed by atoms with Gasteiger partial charge in [-0.05, 0) is 50.1 Å². The smallest absolute Gasteiger partial charge is 0.248 e. The number of benzene rings is 2. The van der Waals surface area contributed by atoms with Crippen molar-refractivity contribution < 1.29 is 13.2 Å². The van der Waals surface area contributed by atoms with E-state index in [4.69, 9.17) is 0 Å². The average molecular weight is 479 g/mol. The summed E-state index contributed by atoms with van der Waals surface area (Å²) in [6.07, 6.45) is 4.73. The Kier molecular flexibility index (Phi) is 8.20. The van der Waals surface area contributed by atoms with Crippen molar-refractivity contribution in [2.75, 3.05) is 11.9 Å². The van der Waals surface area contributed by atoms with Crippen LogP contribution < -0.4 is 10.0 Å². The van der Waals surface area contributed by atoms with Gasteiger partial charge in [-0.3, -0.25) is 9.48 Å². The van der Waals surface area contributed by atoms with E-state index in [1.54, 1.807) is 30.3 Å². The number of carbonyl (C=O) groups excluding carboxylic acids is 1. The van der Waals surface area contributed by atoms with Gasteiger partial charge >= 0.3 is 0 Å². The fourth-order valence-electron chi connectivity index (χ4n) is 3.46. The first-order chi connectivity index (χ1) is 16.2. The van der Waals surface area contributed by atoms with Gasteiger partial charge in [0.1, 0.15) is 0 Å². The quantitative estimate of drug-likeness (QED) is 0.339. The topological polar surface area (TPSA) is 93.1 Å². The third-order valence-corrected chi connectivity index (χ3v) is 6.64. The summed E-state index contributed by atoms with van der Waals surface area (Å²) in [7, 11) is -3.43. The van der Waals surface area contributed by atoms with E-state index in [9.17, 15) is 13.2 Å². The van der Waals surface area contributed by atoms with Gasteiger partial charge in [0.15, 0.2) is 0 Å². The van der Waals surface area contributed by atoms with E-state index in [0.717, 1.165) is 22.5 Å². The Morgan fingerprint density at radius 3 is 2.32 bits per heavy atom. The fraction of sp³-hybridized carbons (Fsp3) is 0.231. The highest BCUT2D eigenvalue weighted by molar-refractivity contribution is 7.88. The molecule has 0 spiro atoms. The minimum atomic E-state index is -3.43. The van der Waals surface area contributed by atoms with Crippen molar-refractivity contribution in [2.45, 2.75) is 33.1 Å². The largest absolute Gasteiger partial charge is 0.323 e. The van der Waals surface area contributed by atoms with Gasteiger partial charge in [-0.15, -0.1) is 6.58 Å². The molecule has 1 heterocycles. The zero-order valence-electron chi connectivity index (χ0n) is 19.7. The number of anilines is 1. The van der Waals surface area contributed by atoms with E-state index in [-0.39, 0.29) is 18.2 Å². The second kappa shape index (κ2) is 11.1. The molecule has 178 valence electrons. The molecule has 0 fully saturated rings. The summed E-state index contributed by atoms with van der Waals surface area (Å²) in [6, 6.07) is 15.1. The number of nitrogens with one attached hydrogen (secondary N) is 2. The summed E-state index contributed by atoms with van der Waals surface area (Å²) in [4.78, 5) is 12.4. The molecule has 7 nitrogen and oxygen atoms in total. The molecule has 3 aromatic rings. The third-order valence-electron chi connectivity index (χ3n) is 5.32. The van der Waals surface area contributed by atoms with Crippen molar-refractivity contribution in [1.29, 1.82) is 0 Å². The van der Waals surface area contributed by atoms with Crippen LogP contribution in [0, 0.1) is 20.8 Å².